The largest absolute Gasteiger partial charge is 0.367 e. The van der Waals surface area contributed by atoms with Crippen LogP contribution in [0, 0.1) is 0 Å². The van der Waals surface area contributed by atoms with Gasteiger partial charge in [-0.25, -0.2) is 0 Å². The van der Waals surface area contributed by atoms with Crippen molar-refractivity contribution in [2.24, 2.45) is 5.73 Å². The van der Waals surface area contributed by atoms with Gasteiger partial charge < -0.3 is 10.6 Å². The molecule has 2 rings (SSSR count). The van der Waals surface area contributed by atoms with Crippen molar-refractivity contribution in [3.8, 4) is 0 Å². The van der Waals surface area contributed by atoms with Crippen LogP contribution < -0.4 is 10.6 Å². The Bertz CT molecular complexity index is 567. The number of anilines is 1. The fourth-order valence-electron chi connectivity index (χ4n) is 2.52. The van der Waals surface area contributed by atoms with Gasteiger partial charge in [0.1, 0.15) is 0 Å². The first-order valence-corrected chi connectivity index (χ1v) is 7.80. The van der Waals surface area contributed by atoms with E-state index in [2.05, 4.69) is 42.2 Å². The van der Waals surface area contributed by atoms with Gasteiger partial charge in [-0.3, -0.25) is 0 Å². The van der Waals surface area contributed by atoms with Gasteiger partial charge in [-0.1, -0.05) is 48.0 Å². The maximum absolute atomic E-state index is 6.20. The van der Waals surface area contributed by atoms with E-state index in [1.807, 2.05) is 25.1 Å². The quantitative estimate of drug-likeness (QED) is 0.864. The highest BCUT2D eigenvalue weighted by molar-refractivity contribution is 6.30. The van der Waals surface area contributed by atoms with E-state index in [0.29, 0.717) is 0 Å². The van der Waals surface area contributed by atoms with Crippen LogP contribution in [0.2, 0.25) is 5.02 Å². The summed E-state index contributed by atoms with van der Waals surface area (Å²) in [6, 6.07) is 16.7. The predicted octanol–water partition coefficient (Wildman–Crippen LogP) is 4.26. The molecule has 0 aromatic heterocycles. The van der Waals surface area contributed by atoms with Crippen molar-refractivity contribution in [3.63, 3.8) is 0 Å². The lowest BCUT2D eigenvalue weighted by atomic mass is 10.0. The van der Waals surface area contributed by atoms with Gasteiger partial charge in [0.15, 0.2) is 0 Å². The number of halogens is 1. The van der Waals surface area contributed by atoms with E-state index in [-0.39, 0.29) is 6.04 Å². The minimum Gasteiger partial charge on any atom is -0.367 e. The lowest BCUT2D eigenvalue weighted by molar-refractivity contribution is 0.729. The molecule has 2 aromatic rings. The first-order valence-electron chi connectivity index (χ1n) is 7.43. The molecule has 0 radical (unpaired) electrons. The van der Waals surface area contributed by atoms with Crippen molar-refractivity contribution in [1.82, 2.24) is 0 Å². The lowest BCUT2D eigenvalue weighted by Gasteiger charge is -2.27. The highest BCUT2D eigenvalue weighted by atomic mass is 35.5. The van der Waals surface area contributed by atoms with Gasteiger partial charge in [0.05, 0.1) is 0 Å². The van der Waals surface area contributed by atoms with E-state index in [9.17, 15) is 0 Å². The van der Waals surface area contributed by atoms with E-state index in [1.165, 1.54) is 16.8 Å². The third-order valence-corrected chi connectivity index (χ3v) is 3.76. The van der Waals surface area contributed by atoms with Crippen LogP contribution in [0.25, 0.3) is 0 Å². The number of nitrogens with two attached hydrogens (primary N) is 1. The summed E-state index contributed by atoms with van der Waals surface area (Å²) in [5.41, 5.74) is 9.71. The fraction of sp³-hybridized carbons (Fsp3) is 0.333. The Morgan fingerprint density at radius 2 is 1.86 bits per heavy atom. The molecule has 1 atom stereocenters. The molecule has 0 amide bonds. The smallest absolute Gasteiger partial charge is 0.0429 e. The van der Waals surface area contributed by atoms with Crippen molar-refractivity contribution >= 4 is 17.3 Å². The number of rotatable bonds is 6. The first-order chi connectivity index (χ1) is 10.1. The zero-order valence-electron chi connectivity index (χ0n) is 12.7. The average Bonchev–Trinajstić information content (AvgIpc) is 2.47. The Labute approximate surface area is 132 Å². The maximum atomic E-state index is 6.20. The van der Waals surface area contributed by atoms with Crippen LogP contribution in [0.1, 0.15) is 25.0 Å². The molecule has 2 nitrogen and oxygen atoms in total. The Hall–Kier alpha value is -1.51. The van der Waals surface area contributed by atoms with Crippen LogP contribution in [0.4, 0.5) is 5.69 Å². The molecular weight excluding hydrogens is 280 g/mol. The van der Waals surface area contributed by atoms with E-state index in [0.717, 1.165) is 24.5 Å². The molecule has 0 aliphatic carbocycles. The van der Waals surface area contributed by atoms with Gasteiger partial charge in [0.25, 0.3) is 0 Å². The highest BCUT2D eigenvalue weighted by Crippen LogP contribution is 2.27. The molecular formula is C18H23ClN2. The van der Waals surface area contributed by atoms with E-state index in [1.54, 1.807) is 0 Å². The van der Waals surface area contributed by atoms with Gasteiger partial charge in [0, 0.05) is 29.8 Å². The van der Waals surface area contributed by atoms with Gasteiger partial charge >= 0.3 is 0 Å². The van der Waals surface area contributed by atoms with Crippen LogP contribution in [-0.2, 0) is 13.0 Å². The molecule has 0 heterocycles. The Kier molecular flexibility index (Phi) is 5.66. The highest BCUT2D eigenvalue weighted by Gasteiger charge is 2.12. The first kappa shape index (κ1) is 15.9. The van der Waals surface area contributed by atoms with Crippen molar-refractivity contribution in [1.29, 1.82) is 0 Å². The summed E-state index contributed by atoms with van der Waals surface area (Å²) in [6.07, 6.45) is 0.859. The second-order valence-corrected chi connectivity index (χ2v) is 5.89. The fourth-order valence-corrected chi connectivity index (χ4v) is 2.69. The summed E-state index contributed by atoms with van der Waals surface area (Å²) in [5.74, 6) is 0. The average molecular weight is 303 g/mol. The van der Waals surface area contributed by atoms with Crippen LogP contribution >= 0.6 is 11.6 Å². The molecule has 0 aliphatic heterocycles. The maximum Gasteiger partial charge on any atom is 0.0429 e. The van der Waals surface area contributed by atoms with Crippen molar-refractivity contribution < 1.29 is 0 Å². The summed E-state index contributed by atoms with van der Waals surface area (Å²) in [7, 11) is 0. The SMILES string of the molecule is CCN(Cc1ccccc1)c1cc(Cl)ccc1CC(C)N. The van der Waals surface area contributed by atoms with E-state index < -0.39 is 0 Å². The zero-order valence-corrected chi connectivity index (χ0v) is 13.5. The number of benzene rings is 2. The Morgan fingerprint density at radius 3 is 2.48 bits per heavy atom. The van der Waals surface area contributed by atoms with E-state index in [4.69, 9.17) is 17.3 Å². The van der Waals surface area contributed by atoms with Gasteiger partial charge in [-0.15, -0.1) is 0 Å². The number of nitrogens with zero attached hydrogens (tertiary/aromatic N) is 1. The summed E-state index contributed by atoms with van der Waals surface area (Å²) < 4.78 is 0. The molecule has 0 spiro atoms. The van der Waals surface area contributed by atoms with E-state index >= 15 is 0 Å². The van der Waals surface area contributed by atoms with Crippen LogP contribution in [0.15, 0.2) is 48.5 Å². The third kappa shape index (κ3) is 4.48. The van der Waals surface area contributed by atoms with Gasteiger partial charge in [0.2, 0.25) is 0 Å². The van der Waals surface area contributed by atoms with Gasteiger partial charge in [-0.2, -0.15) is 0 Å². The molecule has 0 saturated heterocycles. The molecule has 0 fully saturated rings. The predicted molar refractivity (Wildman–Crippen MR) is 92.0 cm³/mol. The molecule has 112 valence electrons. The molecule has 2 N–H and O–H groups in total. The lowest BCUT2D eigenvalue weighted by Crippen LogP contribution is -2.25. The minimum absolute atomic E-state index is 0.139. The summed E-state index contributed by atoms with van der Waals surface area (Å²) in [6.45, 7) is 6.01. The van der Waals surface area contributed by atoms with Crippen LogP contribution in [0.5, 0.6) is 0 Å². The molecule has 21 heavy (non-hydrogen) atoms. The zero-order chi connectivity index (χ0) is 15.2. The van der Waals surface area contributed by atoms with Crippen molar-refractivity contribution in [3.05, 3.63) is 64.7 Å². The third-order valence-electron chi connectivity index (χ3n) is 3.53. The molecule has 0 aliphatic rings. The monoisotopic (exact) mass is 302 g/mol. The second kappa shape index (κ2) is 7.48. The minimum atomic E-state index is 0.139. The molecule has 3 heteroatoms. The number of hydrogen-bond acceptors (Lipinski definition) is 2. The topological polar surface area (TPSA) is 29.3 Å². The van der Waals surface area contributed by atoms with Crippen LogP contribution in [-0.4, -0.2) is 12.6 Å². The number of hydrogen-bond donors (Lipinski definition) is 1. The summed E-state index contributed by atoms with van der Waals surface area (Å²) >= 11 is 6.20. The summed E-state index contributed by atoms with van der Waals surface area (Å²) in [4.78, 5) is 2.35. The van der Waals surface area contributed by atoms with Crippen molar-refractivity contribution in [2.45, 2.75) is 32.9 Å². The molecule has 0 bridgehead atoms. The molecule has 2 aromatic carbocycles. The standard InChI is InChI=1S/C18H23ClN2/c1-3-21(13-15-7-5-4-6-8-15)18-12-17(19)10-9-16(18)11-14(2)20/h4-10,12,14H,3,11,13,20H2,1-2H3. The Balaban J connectivity index is 2.30. The molecule has 0 saturated carbocycles. The molecule has 1 unspecified atom stereocenters. The summed E-state index contributed by atoms with van der Waals surface area (Å²) in [5, 5.41) is 0.768. The van der Waals surface area contributed by atoms with Gasteiger partial charge in [-0.05, 0) is 43.5 Å². The van der Waals surface area contributed by atoms with Crippen LogP contribution in [0.3, 0.4) is 0 Å². The van der Waals surface area contributed by atoms with Crippen molar-refractivity contribution in [2.75, 3.05) is 11.4 Å². The second-order valence-electron chi connectivity index (χ2n) is 5.45. The Morgan fingerprint density at radius 1 is 1.14 bits per heavy atom. The normalized spacial score (nSPS) is 12.2.